The van der Waals surface area contributed by atoms with Gasteiger partial charge in [-0.25, -0.2) is 9.78 Å². The fourth-order valence-corrected chi connectivity index (χ4v) is 2.31. The van der Waals surface area contributed by atoms with E-state index in [-0.39, 0.29) is 5.75 Å². The van der Waals surface area contributed by atoms with Gasteiger partial charge in [-0.1, -0.05) is 6.07 Å². The number of pyridine rings is 1. The van der Waals surface area contributed by atoms with Crippen LogP contribution in [-0.4, -0.2) is 41.4 Å². The van der Waals surface area contributed by atoms with E-state index in [4.69, 9.17) is 9.84 Å². The summed E-state index contributed by atoms with van der Waals surface area (Å²) < 4.78 is 5.09. The molecule has 0 spiro atoms. The summed E-state index contributed by atoms with van der Waals surface area (Å²) in [7, 11) is 1.53. The maximum Gasteiger partial charge on any atom is 0.327 e. The second-order valence-corrected chi connectivity index (χ2v) is 4.39. The molecule has 0 bridgehead atoms. The predicted octanol–water partition coefficient (Wildman–Crippen LogP) is 0.523. The Morgan fingerprint density at radius 2 is 2.50 bits per heavy atom. The Morgan fingerprint density at radius 1 is 1.72 bits per heavy atom. The lowest BCUT2D eigenvalue weighted by molar-refractivity contribution is -0.139. The maximum atomic E-state index is 10.8. The monoisotopic (exact) mass is 270 g/mol. The van der Waals surface area contributed by atoms with Gasteiger partial charge >= 0.3 is 5.97 Å². The molecule has 0 fully saturated rings. The van der Waals surface area contributed by atoms with Gasteiger partial charge in [0.2, 0.25) is 12.3 Å². The summed E-state index contributed by atoms with van der Waals surface area (Å²) in [4.78, 5) is 25.1. The van der Waals surface area contributed by atoms with Crippen molar-refractivity contribution in [2.45, 2.75) is 11.8 Å². The fraction of sp³-hybridized carbons (Fsp3) is 0.364. The quantitative estimate of drug-likeness (QED) is 0.670. The van der Waals surface area contributed by atoms with Crippen LogP contribution in [0.2, 0.25) is 0 Å². The van der Waals surface area contributed by atoms with E-state index in [1.54, 1.807) is 12.3 Å². The number of hydrogen-bond donors (Lipinski definition) is 2. The molecule has 1 aromatic heterocycles. The number of carboxylic acids is 1. The third kappa shape index (κ3) is 4.25. The number of rotatable bonds is 8. The summed E-state index contributed by atoms with van der Waals surface area (Å²) in [6, 6.07) is 2.77. The van der Waals surface area contributed by atoms with E-state index in [1.165, 1.54) is 18.9 Å². The van der Waals surface area contributed by atoms with E-state index in [0.717, 1.165) is 5.56 Å². The first-order valence-electron chi connectivity index (χ1n) is 5.17. The summed E-state index contributed by atoms with van der Waals surface area (Å²) in [6.07, 6.45) is 2.02. The molecule has 2 N–H and O–H groups in total. The molecule has 0 aliphatic carbocycles. The number of carbonyl (C=O) groups is 2. The lowest BCUT2D eigenvalue weighted by atomic mass is 10.3. The van der Waals surface area contributed by atoms with E-state index >= 15 is 0 Å². The maximum absolute atomic E-state index is 10.8. The largest absolute Gasteiger partial charge is 0.481 e. The molecule has 0 saturated carbocycles. The molecule has 1 amide bonds. The molecule has 7 heteroatoms. The summed E-state index contributed by atoms with van der Waals surface area (Å²) >= 11 is 1.39. The van der Waals surface area contributed by atoms with E-state index in [0.29, 0.717) is 18.0 Å². The van der Waals surface area contributed by atoms with Gasteiger partial charge in [-0.2, -0.15) is 11.8 Å². The van der Waals surface area contributed by atoms with Crippen LogP contribution in [0.15, 0.2) is 18.3 Å². The van der Waals surface area contributed by atoms with Gasteiger partial charge in [-0.3, -0.25) is 4.79 Å². The number of amides is 1. The minimum atomic E-state index is -1.05. The van der Waals surface area contributed by atoms with Crippen LogP contribution in [0.4, 0.5) is 0 Å². The number of nitrogens with zero attached hydrogens (tertiary/aromatic N) is 1. The predicted molar refractivity (Wildman–Crippen MR) is 67.6 cm³/mol. The van der Waals surface area contributed by atoms with Gasteiger partial charge in [0.25, 0.3) is 0 Å². The first-order chi connectivity index (χ1) is 8.69. The second-order valence-electron chi connectivity index (χ2n) is 3.36. The number of carbonyl (C=O) groups excluding carboxylic acids is 1. The number of methoxy groups -OCH3 is 1. The normalized spacial score (nSPS) is 11.6. The smallest absolute Gasteiger partial charge is 0.327 e. The molecule has 1 aromatic rings. The molecule has 1 unspecified atom stereocenters. The molecule has 0 aliphatic rings. The van der Waals surface area contributed by atoms with Crippen molar-refractivity contribution in [2.75, 3.05) is 12.9 Å². The third-order valence-electron chi connectivity index (χ3n) is 2.15. The topological polar surface area (TPSA) is 88.5 Å². The van der Waals surface area contributed by atoms with E-state index in [2.05, 4.69) is 10.3 Å². The highest BCUT2D eigenvalue weighted by molar-refractivity contribution is 7.98. The van der Waals surface area contributed by atoms with Gasteiger partial charge in [0, 0.05) is 23.3 Å². The Bertz CT molecular complexity index is 414. The van der Waals surface area contributed by atoms with E-state index in [9.17, 15) is 9.59 Å². The van der Waals surface area contributed by atoms with Crippen LogP contribution in [0, 0.1) is 0 Å². The molecule has 1 heterocycles. The molecule has 0 aromatic carbocycles. The Balaban J connectivity index is 2.49. The van der Waals surface area contributed by atoms with Crippen LogP contribution in [0.5, 0.6) is 5.88 Å². The van der Waals surface area contributed by atoms with Crippen LogP contribution in [0.1, 0.15) is 5.56 Å². The molecular weight excluding hydrogens is 256 g/mol. The molecule has 0 saturated heterocycles. The SMILES string of the molecule is COc1ncccc1CSCC(NC=O)C(=O)O. The molecule has 0 aliphatic heterocycles. The number of aliphatic carboxylic acids is 1. The van der Waals surface area contributed by atoms with Gasteiger partial charge in [-0.15, -0.1) is 0 Å². The first kappa shape index (κ1) is 14.3. The molecule has 98 valence electrons. The van der Waals surface area contributed by atoms with Crippen molar-refractivity contribution < 1.29 is 19.4 Å². The van der Waals surface area contributed by atoms with Gasteiger partial charge in [0.1, 0.15) is 6.04 Å². The van der Waals surface area contributed by atoms with Crippen molar-refractivity contribution in [1.82, 2.24) is 10.3 Å². The van der Waals surface area contributed by atoms with Crippen LogP contribution < -0.4 is 10.1 Å². The van der Waals surface area contributed by atoms with Crippen molar-refractivity contribution in [1.29, 1.82) is 0 Å². The van der Waals surface area contributed by atoms with Crippen LogP contribution in [0.3, 0.4) is 0 Å². The number of carboxylic acid groups (broad SMARTS) is 1. The number of hydrogen-bond acceptors (Lipinski definition) is 5. The van der Waals surface area contributed by atoms with Crippen molar-refractivity contribution in [3.8, 4) is 5.88 Å². The van der Waals surface area contributed by atoms with Gasteiger partial charge in [-0.05, 0) is 6.07 Å². The van der Waals surface area contributed by atoms with Crippen molar-refractivity contribution in [3.05, 3.63) is 23.9 Å². The molecule has 6 nitrogen and oxygen atoms in total. The summed E-state index contributed by atoms with van der Waals surface area (Å²) in [5.41, 5.74) is 0.889. The zero-order chi connectivity index (χ0) is 13.4. The number of ether oxygens (including phenoxy) is 1. The van der Waals surface area contributed by atoms with Crippen molar-refractivity contribution in [3.63, 3.8) is 0 Å². The number of nitrogens with one attached hydrogen (secondary N) is 1. The molecule has 18 heavy (non-hydrogen) atoms. The van der Waals surface area contributed by atoms with Gasteiger partial charge in [0.15, 0.2) is 0 Å². The Kier molecular flexibility index (Phi) is 5.99. The lowest BCUT2D eigenvalue weighted by Crippen LogP contribution is -2.37. The number of aromatic nitrogens is 1. The Labute approximate surface area is 109 Å². The average Bonchev–Trinajstić information content (AvgIpc) is 2.38. The molecule has 1 rings (SSSR count). The summed E-state index contributed by atoms with van der Waals surface area (Å²) in [5, 5.41) is 11.1. The minimum absolute atomic E-state index is 0.284. The number of thioether (sulfide) groups is 1. The third-order valence-corrected chi connectivity index (χ3v) is 3.24. The Hall–Kier alpha value is -1.76. The zero-order valence-electron chi connectivity index (χ0n) is 9.83. The summed E-state index contributed by atoms with van der Waals surface area (Å²) in [5.74, 6) is 0.334. The van der Waals surface area contributed by atoms with E-state index < -0.39 is 12.0 Å². The highest BCUT2D eigenvalue weighted by Gasteiger charge is 2.16. The van der Waals surface area contributed by atoms with Crippen LogP contribution in [0.25, 0.3) is 0 Å². The van der Waals surface area contributed by atoms with Gasteiger partial charge in [0.05, 0.1) is 7.11 Å². The van der Waals surface area contributed by atoms with Crippen molar-refractivity contribution in [2.24, 2.45) is 0 Å². The highest BCUT2D eigenvalue weighted by atomic mass is 32.2. The molecular formula is C11H14N2O4S. The molecule has 0 radical (unpaired) electrons. The molecule has 1 atom stereocenters. The first-order valence-corrected chi connectivity index (χ1v) is 6.32. The van der Waals surface area contributed by atoms with E-state index in [1.807, 2.05) is 6.07 Å². The fourth-order valence-electron chi connectivity index (χ4n) is 1.28. The van der Waals surface area contributed by atoms with Crippen LogP contribution in [-0.2, 0) is 15.3 Å². The minimum Gasteiger partial charge on any atom is -0.481 e. The van der Waals surface area contributed by atoms with Crippen molar-refractivity contribution >= 4 is 24.1 Å². The highest BCUT2D eigenvalue weighted by Crippen LogP contribution is 2.20. The zero-order valence-corrected chi connectivity index (χ0v) is 10.6. The standard InChI is InChI=1S/C11H14N2O4S/c1-17-10-8(3-2-4-12-10)5-18-6-9(11(15)16)13-7-14/h2-4,7,9H,5-6H2,1H3,(H,13,14)(H,15,16). The average molecular weight is 270 g/mol. The Morgan fingerprint density at radius 3 is 3.11 bits per heavy atom. The van der Waals surface area contributed by atoms with Gasteiger partial charge < -0.3 is 15.2 Å². The lowest BCUT2D eigenvalue weighted by Gasteiger charge is -2.11. The summed E-state index contributed by atoms with van der Waals surface area (Å²) in [6.45, 7) is 0. The second kappa shape index (κ2) is 7.54. The van der Waals surface area contributed by atoms with Crippen LogP contribution >= 0.6 is 11.8 Å².